The first-order chi connectivity index (χ1) is 15.5. The number of thiophene rings is 1. The second kappa shape index (κ2) is 11.5. The minimum Gasteiger partial charge on any atom is -0.450 e. The van der Waals surface area contributed by atoms with Gasteiger partial charge < -0.3 is 14.8 Å². The van der Waals surface area contributed by atoms with Crippen molar-refractivity contribution in [3.63, 3.8) is 0 Å². The molecule has 0 aromatic carbocycles. The van der Waals surface area contributed by atoms with Gasteiger partial charge in [-0.3, -0.25) is 24.6 Å². The first kappa shape index (κ1) is 23.5. The fourth-order valence-corrected chi connectivity index (χ4v) is 3.94. The quantitative estimate of drug-likeness (QED) is 0.570. The fourth-order valence-electron chi connectivity index (χ4n) is 3.07. The maximum absolute atomic E-state index is 12.8. The van der Waals surface area contributed by atoms with Gasteiger partial charge in [0.1, 0.15) is 5.82 Å². The number of rotatable bonds is 8. The Balaban J connectivity index is 1.60. The smallest absolute Gasteiger partial charge is 0.414 e. The predicted octanol–water partition coefficient (Wildman–Crippen LogP) is 1.73. The second-order valence-corrected chi connectivity index (χ2v) is 7.90. The number of pyridine rings is 1. The van der Waals surface area contributed by atoms with Crippen molar-refractivity contribution in [3.05, 3.63) is 45.8 Å². The van der Waals surface area contributed by atoms with Crippen molar-refractivity contribution in [2.24, 2.45) is 0 Å². The van der Waals surface area contributed by atoms with Crippen LogP contribution in [0.2, 0.25) is 0 Å². The number of aromatic nitrogens is 1. The normalized spacial score (nSPS) is 13.9. The summed E-state index contributed by atoms with van der Waals surface area (Å²) in [7, 11) is 0. The van der Waals surface area contributed by atoms with Crippen LogP contribution in [0.4, 0.5) is 10.6 Å². The number of anilines is 1. The molecule has 3 rings (SSSR count). The van der Waals surface area contributed by atoms with Gasteiger partial charge in [0, 0.05) is 36.1 Å². The van der Waals surface area contributed by atoms with Crippen LogP contribution in [0.25, 0.3) is 0 Å². The summed E-state index contributed by atoms with van der Waals surface area (Å²) in [4.78, 5) is 55.4. The molecular formula is C21H24N4O6S. The van der Waals surface area contributed by atoms with Gasteiger partial charge in [-0.15, -0.1) is 11.3 Å². The Labute approximate surface area is 188 Å². The molecule has 0 bridgehead atoms. The first-order valence-corrected chi connectivity index (χ1v) is 11.0. The molecule has 32 heavy (non-hydrogen) atoms. The van der Waals surface area contributed by atoms with Crippen molar-refractivity contribution in [1.29, 1.82) is 0 Å². The van der Waals surface area contributed by atoms with Crippen molar-refractivity contribution in [1.82, 2.24) is 15.2 Å². The van der Waals surface area contributed by atoms with E-state index in [1.807, 2.05) is 4.90 Å². The van der Waals surface area contributed by atoms with E-state index >= 15 is 0 Å². The minimum atomic E-state index is -0.840. The van der Waals surface area contributed by atoms with E-state index in [2.05, 4.69) is 15.6 Å². The molecule has 2 N–H and O–H groups in total. The van der Waals surface area contributed by atoms with Crippen molar-refractivity contribution >= 4 is 40.8 Å². The molecule has 1 fully saturated rings. The van der Waals surface area contributed by atoms with Crippen LogP contribution in [0.15, 0.2) is 29.8 Å². The topological polar surface area (TPSA) is 127 Å². The minimum absolute atomic E-state index is 0.0333. The molecule has 1 aliphatic heterocycles. The van der Waals surface area contributed by atoms with Gasteiger partial charge in [-0.25, -0.2) is 9.78 Å². The molecule has 2 aromatic heterocycles. The zero-order valence-electron chi connectivity index (χ0n) is 17.6. The van der Waals surface area contributed by atoms with Gasteiger partial charge in [0.15, 0.2) is 5.78 Å². The third-order valence-corrected chi connectivity index (χ3v) is 5.54. The Hall–Kier alpha value is -3.15. The molecular weight excluding hydrogens is 436 g/mol. The highest BCUT2D eigenvalue weighted by Crippen LogP contribution is 2.20. The van der Waals surface area contributed by atoms with Gasteiger partial charge in [-0.05, 0) is 30.5 Å². The van der Waals surface area contributed by atoms with E-state index in [0.29, 0.717) is 36.7 Å². The average Bonchev–Trinajstić information content (AvgIpc) is 3.23. The van der Waals surface area contributed by atoms with Gasteiger partial charge >= 0.3 is 6.09 Å². The Bertz CT molecular complexity index is 986. The number of hydrogen-bond donors (Lipinski definition) is 2. The number of carbonyl (C=O) groups is 4. The van der Waals surface area contributed by atoms with E-state index < -0.39 is 12.0 Å². The molecule has 1 aliphatic rings. The van der Waals surface area contributed by atoms with E-state index in [9.17, 15) is 19.2 Å². The Morgan fingerprint density at radius 3 is 2.75 bits per heavy atom. The van der Waals surface area contributed by atoms with Crippen LogP contribution in [0.5, 0.6) is 0 Å². The number of ketones is 1. The highest BCUT2D eigenvalue weighted by Gasteiger charge is 2.20. The molecule has 0 unspecified atom stereocenters. The van der Waals surface area contributed by atoms with E-state index in [0.717, 1.165) is 0 Å². The highest BCUT2D eigenvalue weighted by atomic mass is 32.1. The molecule has 0 spiro atoms. The molecule has 3 amide bonds. The average molecular weight is 461 g/mol. The largest absolute Gasteiger partial charge is 0.450 e. The van der Waals surface area contributed by atoms with Gasteiger partial charge in [-0.2, -0.15) is 0 Å². The molecule has 3 heterocycles. The number of nitrogens with one attached hydrogen (secondary N) is 2. The predicted molar refractivity (Wildman–Crippen MR) is 117 cm³/mol. The maximum atomic E-state index is 12.8. The van der Waals surface area contributed by atoms with Gasteiger partial charge in [-0.1, -0.05) is 0 Å². The summed E-state index contributed by atoms with van der Waals surface area (Å²) in [6.07, 6.45) is 0.571. The van der Waals surface area contributed by atoms with Crippen LogP contribution >= 0.6 is 11.3 Å². The van der Waals surface area contributed by atoms with Crippen LogP contribution in [-0.4, -0.2) is 73.0 Å². The van der Waals surface area contributed by atoms with Crippen molar-refractivity contribution in [3.8, 4) is 0 Å². The lowest BCUT2D eigenvalue weighted by Gasteiger charge is -2.25. The zero-order valence-corrected chi connectivity index (χ0v) is 18.4. The van der Waals surface area contributed by atoms with E-state index in [1.54, 1.807) is 24.4 Å². The SMILES string of the molecule is CCOC(=O)NC(=O)c1ccsc1CC(=O)c1ccnc(NC(=O)CN2CCOCC2)c1. The Morgan fingerprint density at radius 2 is 2.00 bits per heavy atom. The highest BCUT2D eigenvalue weighted by molar-refractivity contribution is 7.10. The second-order valence-electron chi connectivity index (χ2n) is 6.90. The zero-order chi connectivity index (χ0) is 22.9. The molecule has 11 heteroatoms. The summed E-state index contributed by atoms with van der Waals surface area (Å²) in [6, 6.07) is 4.60. The number of hydrogen-bond acceptors (Lipinski definition) is 9. The molecule has 170 valence electrons. The molecule has 0 aliphatic carbocycles. The number of ether oxygens (including phenoxy) is 2. The maximum Gasteiger partial charge on any atom is 0.414 e. The van der Waals surface area contributed by atoms with E-state index in [1.165, 1.54) is 23.6 Å². The summed E-state index contributed by atoms with van der Waals surface area (Å²) in [5.41, 5.74) is 0.594. The van der Waals surface area contributed by atoms with Gasteiger partial charge in [0.2, 0.25) is 5.91 Å². The van der Waals surface area contributed by atoms with Gasteiger partial charge in [0.25, 0.3) is 5.91 Å². The van der Waals surface area contributed by atoms with Gasteiger partial charge in [0.05, 0.1) is 31.9 Å². The van der Waals surface area contributed by atoms with Crippen LogP contribution in [0, 0.1) is 0 Å². The number of alkyl carbamates (subject to hydrolysis) is 1. The summed E-state index contributed by atoms with van der Waals surface area (Å²) in [6.45, 7) is 4.56. The standard InChI is InChI=1S/C21H24N4O6S/c1-2-31-21(29)24-20(28)15-4-10-32-17(15)12-16(26)14-3-5-22-18(11-14)23-19(27)13-25-6-8-30-9-7-25/h3-5,10-11H,2,6-9,12-13H2,1H3,(H,22,23,27)(H,24,28,29). The number of Topliss-reactive ketones (excluding diaryl/α,β-unsaturated/α-hetero) is 1. The van der Waals surface area contributed by atoms with Crippen LogP contribution in [0.1, 0.15) is 32.5 Å². The van der Waals surface area contributed by atoms with Crippen LogP contribution in [-0.2, 0) is 20.7 Å². The third-order valence-electron chi connectivity index (χ3n) is 4.62. The van der Waals surface area contributed by atoms with Crippen molar-refractivity contribution < 1.29 is 28.7 Å². The number of nitrogens with zero attached hydrogens (tertiary/aromatic N) is 2. The van der Waals surface area contributed by atoms with Crippen molar-refractivity contribution in [2.45, 2.75) is 13.3 Å². The lowest BCUT2D eigenvalue weighted by atomic mass is 10.1. The third kappa shape index (κ3) is 6.67. The number of imide groups is 1. The van der Waals surface area contributed by atoms with E-state index in [4.69, 9.17) is 9.47 Å². The number of carbonyl (C=O) groups excluding carboxylic acids is 4. The lowest BCUT2D eigenvalue weighted by molar-refractivity contribution is -0.118. The van der Waals surface area contributed by atoms with Crippen molar-refractivity contribution in [2.75, 3.05) is 44.8 Å². The summed E-state index contributed by atoms with van der Waals surface area (Å²) < 4.78 is 9.98. The van der Waals surface area contributed by atoms with E-state index in [-0.39, 0.29) is 42.6 Å². The number of morpholine rings is 1. The van der Waals surface area contributed by atoms with Crippen LogP contribution < -0.4 is 10.6 Å². The summed E-state index contributed by atoms with van der Waals surface area (Å²) >= 11 is 1.24. The Kier molecular flexibility index (Phi) is 8.42. The molecule has 0 radical (unpaired) electrons. The molecule has 0 saturated carbocycles. The first-order valence-electron chi connectivity index (χ1n) is 10.1. The molecule has 10 nitrogen and oxygen atoms in total. The number of amides is 3. The summed E-state index contributed by atoms with van der Waals surface area (Å²) in [5.74, 6) is -0.817. The summed E-state index contributed by atoms with van der Waals surface area (Å²) in [5, 5.41) is 6.51. The Morgan fingerprint density at radius 1 is 1.22 bits per heavy atom. The molecule has 1 saturated heterocycles. The molecule has 2 aromatic rings. The van der Waals surface area contributed by atoms with Crippen LogP contribution in [0.3, 0.4) is 0 Å². The monoisotopic (exact) mass is 460 g/mol. The molecule has 0 atom stereocenters. The lowest BCUT2D eigenvalue weighted by Crippen LogP contribution is -2.41. The fraction of sp³-hybridized carbons (Fsp3) is 0.381.